The summed E-state index contributed by atoms with van der Waals surface area (Å²) in [5.41, 5.74) is 0. The van der Waals surface area contributed by atoms with Gasteiger partial charge in [-0.3, -0.25) is 4.79 Å². The van der Waals surface area contributed by atoms with Crippen LogP contribution in [0, 0.1) is 46.8 Å². The highest BCUT2D eigenvalue weighted by Gasteiger charge is 2.48. The zero-order chi connectivity index (χ0) is 14.3. The fourth-order valence-corrected chi connectivity index (χ4v) is 5.30. The molecule has 1 unspecified atom stereocenters. The molecule has 3 nitrogen and oxygen atoms in total. The first-order valence-corrected chi connectivity index (χ1v) is 8.26. The summed E-state index contributed by atoms with van der Waals surface area (Å²) in [6.07, 6.45) is 7.70. The predicted octanol–water partition coefficient (Wildman–Crippen LogP) is 3.11. The number of hydrogen-bond acceptors (Lipinski definition) is 2. The van der Waals surface area contributed by atoms with Crippen LogP contribution in [0.1, 0.15) is 52.4 Å². The van der Waals surface area contributed by atoms with Gasteiger partial charge in [0.15, 0.2) is 0 Å². The molecule has 4 aliphatic carbocycles. The molecule has 4 aliphatic rings. The maximum absolute atomic E-state index is 12.1. The van der Waals surface area contributed by atoms with Crippen molar-refractivity contribution in [3.8, 4) is 6.07 Å². The van der Waals surface area contributed by atoms with Gasteiger partial charge in [-0.2, -0.15) is 5.26 Å². The minimum atomic E-state index is -0.445. The van der Waals surface area contributed by atoms with Crippen LogP contribution in [0.4, 0.5) is 0 Å². The molecule has 0 heterocycles. The number of amides is 1. The Kier molecular flexibility index (Phi) is 3.75. The normalized spacial score (nSPS) is 39.6. The van der Waals surface area contributed by atoms with E-state index in [1.54, 1.807) is 0 Å². The molecule has 4 fully saturated rings. The third-order valence-electron chi connectivity index (χ3n) is 5.83. The van der Waals surface area contributed by atoms with Gasteiger partial charge in [0.25, 0.3) is 0 Å². The van der Waals surface area contributed by atoms with Crippen molar-refractivity contribution in [1.29, 1.82) is 5.26 Å². The zero-order valence-electron chi connectivity index (χ0n) is 12.6. The van der Waals surface area contributed by atoms with Gasteiger partial charge in [0.1, 0.15) is 5.92 Å². The first-order valence-electron chi connectivity index (χ1n) is 8.26. The molecule has 1 amide bonds. The molecule has 1 atom stereocenters. The van der Waals surface area contributed by atoms with Crippen molar-refractivity contribution < 1.29 is 4.79 Å². The molecule has 0 aromatic heterocycles. The molecule has 0 spiro atoms. The summed E-state index contributed by atoms with van der Waals surface area (Å²) in [5.74, 6) is 3.64. The van der Waals surface area contributed by atoms with Crippen LogP contribution in [0.25, 0.3) is 0 Å². The molecule has 3 heteroatoms. The Hall–Kier alpha value is -1.04. The van der Waals surface area contributed by atoms with Crippen molar-refractivity contribution in [2.45, 2.75) is 58.4 Å². The van der Waals surface area contributed by atoms with Gasteiger partial charge in [0.05, 0.1) is 6.07 Å². The largest absolute Gasteiger partial charge is 0.353 e. The summed E-state index contributed by atoms with van der Waals surface area (Å²) in [6.45, 7) is 3.91. The Balaban J connectivity index is 1.65. The van der Waals surface area contributed by atoms with Gasteiger partial charge in [-0.1, -0.05) is 0 Å². The molecule has 4 rings (SSSR count). The SMILES string of the molecule is CC(C)NC(=O)C(C#N)CC1C2CC3CC(C2)CC1C3. The van der Waals surface area contributed by atoms with Gasteiger partial charge in [0.2, 0.25) is 5.91 Å². The van der Waals surface area contributed by atoms with Gasteiger partial charge >= 0.3 is 0 Å². The van der Waals surface area contributed by atoms with E-state index in [1.165, 1.54) is 32.1 Å². The van der Waals surface area contributed by atoms with E-state index >= 15 is 0 Å². The van der Waals surface area contributed by atoms with E-state index in [9.17, 15) is 10.1 Å². The van der Waals surface area contributed by atoms with Gasteiger partial charge in [0, 0.05) is 6.04 Å². The highest BCUT2D eigenvalue weighted by molar-refractivity contribution is 5.81. The number of carbonyl (C=O) groups is 1. The van der Waals surface area contributed by atoms with Gasteiger partial charge in [-0.05, 0) is 82.0 Å². The van der Waals surface area contributed by atoms with E-state index in [0.717, 1.165) is 30.1 Å². The summed E-state index contributed by atoms with van der Waals surface area (Å²) in [5, 5.41) is 12.3. The van der Waals surface area contributed by atoms with Crippen molar-refractivity contribution in [2.75, 3.05) is 0 Å². The molecule has 0 aromatic carbocycles. The molecular weight excluding hydrogens is 248 g/mol. The van der Waals surface area contributed by atoms with Crippen LogP contribution < -0.4 is 5.32 Å². The van der Waals surface area contributed by atoms with Crippen molar-refractivity contribution >= 4 is 5.91 Å². The summed E-state index contributed by atoms with van der Waals surface area (Å²) < 4.78 is 0. The Morgan fingerprint density at radius 1 is 1.15 bits per heavy atom. The van der Waals surface area contributed by atoms with Crippen molar-refractivity contribution in [3.63, 3.8) is 0 Å². The van der Waals surface area contributed by atoms with Gasteiger partial charge < -0.3 is 5.32 Å². The van der Waals surface area contributed by atoms with Crippen molar-refractivity contribution in [3.05, 3.63) is 0 Å². The fourth-order valence-electron chi connectivity index (χ4n) is 5.30. The summed E-state index contributed by atoms with van der Waals surface area (Å²) in [6, 6.07) is 2.38. The van der Waals surface area contributed by atoms with E-state index in [0.29, 0.717) is 5.92 Å². The van der Waals surface area contributed by atoms with Crippen LogP contribution in [0.3, 0.4) is 0 Å². The number of carbonyl (C=O) groups excluding carboxylic acids is 1. The molecule has 0 radical (unpaired) electrons. The van der Waals surface area contributed by atoms with E-state index in [2.05, 4.69) is 11.4 Å². The van der Waals surface area contributed by atoms with Gasteiger partial charge in [-0.25, -0.2) is 0 Å². The maximum atomic E-state index is 12.1. The highest BCUT2D eigenvalue weighted by Crippen LogP contribution is 2.57. The second-order valence-corrected chi connectivity index (χ2v) is 7.68. The molecule has 0 aliphatic heterocycles. The molecule has 20 heavy (non-hydrogen) atoms. The first kappa shape index (κ1) is 13.9. The minimum Gasteiger partial charge on any atom is -0.353 e. The number of nitrogens with one attached hydrogen (secondary N) is 1. The van der Waals surface area contributed by atoms with Gasteiger partial charge in [-0.15, -0.1) is 0 Å². The van der Waals surface area contributed by atoms with Crippen LogP contribution in [0.15, 0.2) is 0 Å². The topological polar surface area (TPSA) is 52.9 Å². The van der Waals surface area contributed by atoms with Crippen molar-refractivity contribution in [2.24, 2.45) is 35.5 Å². The molecule has 110 valence electrons. The Labute approximate surface area is 122 Å². The number of nitrogens with zero attached hydrogens (tertiary/aromatic N) is 1. The summed E-state index contributed by atoms with van der Waals surface area (Å²) >= 11 is 0. The van der Waals surface area contributed by atoms with E-state index in [1.807, 2.05) is 13.8 Å². The summed E-state index contributed by atoms with van der Waals surface area (Å²) in [7, 11) is 0. The monoisotopic (exact) mass is 274 g/mol. The first-order chi connectivity index (χ1) is 9.56. The van der Waals surface area contributed by atoms with Crippen LogP contribution in [-0.2, 0) is 4.79 Å². The lowest BCUT2D eigenvalue weighted by Gasteiger charge is -2.54. The predicted molar refractivity (Wildman–Crippen MR) is 77.5 cm³/mol. The second-order valence-electron chi connectivity index (χ2n) is 7.68. The van der Waals surface area contributed by atoms with Crippen LogP contribution in [-0.4, -0.2) is 11.9 Å². The van der Waals surface area contributed by atoms with Crippen LogP contribution in [0.5, 0.6) is 0 Å². The smallest absolute Gasteiger partial charge is 0.237 e. The maximum Gasteiger partial charge on any atom is 0.237 e. The molecule has 1 N–H and O–H groups in total. The standard InChI is InChI=1S/C17H26N2O/c1-10(2)19-17(20)15(9-18)8-16-13-4-11-3-12(6-13)7-14(16)5-11/h10-16H,3-8H2,1-2H3,(H,19,20). The number of rotatable bonds is 4. The third kappa shape index (κ3) is 2.57. The fraction of sp³-hybridized carbons (Fsp3) is 0.882. The lowest BCUT2D eigenvalue weighted by Crippen LogP contribution is -2.46. The lowest BCUT2D eigenvalue weighted by molar-refractivity contribution is -0.125. The summed E-state index contributed by atoms with van der Waals surface area (Å²) in [4.78, 5) is 12.1. The molecule has 4 bridgehead atoms. The highest BCUT2D eigenvalue weighted by atomic mass is 16.1. The quantitative estimate of drug-likeness (QED) is 0.856. The Bertz CT molecular complexity index is 395. The third-order valence-corrected chi connectivity index (χ3v) is 5.83. The zero-order valence-corrected chi connectivity index (χ0v) is 12.6. The van der Waals surface area contributed by atoms with E-state index in [4.69, 9.17) is 0 Å². The molecular formula is C17H26N2O. The molecule has 0 saturated heterocycles. The number of hydrogen-bond donors (Lipinski definition) is 1. The number of nitriles is 1. The average Bonchev–Trinajstić information content (AvgIpc) is 2.36. The van der Waals surface area contributed by atoms with Crippen LogP contribution in [0.2, 0.25) is 0 Å². The molecule has 0 aromatic rings. The lowest BCUT2D eigenvalue weighted by atomic mass is 9.51. The second kappa shape index (κ2) is 5.39. The van der Waals surface area contributed by atoms with E-state index < -0.39 is 5.92 Å². The van der Waals surface area contributed by atoms with E-state index in [-0.39, 0.29) is 11.9 Å². The van der Waals surface area contributed by atoms with Crippen molar-refractivity contribution in [1.82, 2.24) is 5.32 Å². The van der Waals surface area contributed by atoms with Crippen LogP contribution >= 0.6 is 0 Å². The Morgan fingerprint density at radius 3 is 2.15 bits per heavy atom. The Morgan fingerprint density at radius 2 is 1.70 bits per heavy atom. The minimum absolute atomic E-state index is 0.0590. The molecule has 4 saturated carbocycles. The average molecular weight is 274 g/mol.